The fraction of sp³-hybridized carbons (Fsp3) is 0.0769. The second kappa shape index (κ2) is 5.17. The van der Waals surface area contributed by atoms with Crippen LogP contribution in [0.15, 0.2) is 36.9 Å². The molecule has 0 atom stereocenters. The molecule has 0 aliphatic carbocycles. The number of nitrogens with one attached hydrogen (secondary N) is 1. The molecular weight excluding hydrogens is 270 g/mol. The van der Waals surface area contributed by atoms with E-state index in [2.05, 4.69) is 20.4 Å². The number of benzene rings is 1. The van der Waals surface area contributed by atoms with Crippen LogP contribution in [0.5, 0.6) is 0 Å². The predicted molar refractivity (Wildman–Crippen MR) is 76.9 cm³/mol. The zero-order chi connectivity index (χ0) is 14.8. The SMILES string of the molecule is NNC(=O)c1ccccc1Cn1cnc2c(N)ncnc21. The van der Waals surface area contributed by atoms with Crippen molar-refractivity contribution in [3.8, 4) is 0 Å². The van der Waals surface area contributed by atoms with E-state index in [0.29, 0.717) is 29.1 Å². The van der Waals surface area contributed by atoms with Crippen molar-refractivity contribution in [3.05, 3.63) is 48.0 Å². The topological polar surface area (TPSA) is 125 Å². The van der Waals surface area contributed by atoms with Gasteiger partial charge in [-0.3, -0.25) is 10.2 Å². The van der Waals surface area contributed by atoms with Gasteiger partial charge in [-0.15, -0.1) is 0 Å². The van der Waals surface area contributed by atoms with Crippen LogP contribution in [-0.2, 0) is 6.54 Å². The van der Waals surface area contributed by atoms with Crippen LogP contribution in [0, 0.1) is 0 Å². The summed E-state index contributed by atoms with van der Waals surface area (Å²) in [6.07, 6.45) is 3.00. The van der Waals surface area contributed by atoms with E-state index in [0.717, 1.165) is 5.56 Å². The van der Waals surface area contributed by atoms with Crippen LogP contribution in [0.2, 0.25) is 0 Å². The van der Waals surface area contributed by atoms with Gasteiger partial charge in [-0.1, -0.05) is 18.2 Å². The molecule has 0 saturated carbocycles. The van der Waals surface area contributed by atoms with E-state index in [-0.39, 0.29) is 5.91 Å². The molecule has 1 aromatic carbocycles. The number of anilines is 1. The number of carbonyl (C=O) groups excluding carboxylic acids is 1. The molecule has 0 aliphatic rings. The van der Waals surface area contributed by atoms with E-state index in [1.807, 2.05) is 12.1 Å². The summed E-state index contributed by atoms with van der Waals surface area (Å²) >= 11 is 0. The zero-order valence-corrected chi connectivity index (χ0v) is 11.0. The second-order valence-electron chi connectivity index (χ2n) is 4.43. The molecule has 5 N–H and O–H groups in total. The summed E-state index contributed by atoms with van der Waals surface area (Å²) < 4.78 is 1.80. The van der Waals surface area contributed by atoms with Crippen molar-refractivity contribution < 1.29 is 4.79 Å². The van der Waals surface area contributed by atoms with Gasteiger partial charge in [0.15, 0.2) is 11.5 Å². The first-order valence-electron chi connectivity index (χ1n) is 6.21. The molecular formula is C13H13N7O. The third-order valence-electron chi connectivity index (χ3n) is 3.16. The van der Waals surface area contributed by atoms with Crippen molar-refractivity contribution in [1.29, 1.82) is 0 Å². The molecule has 21 heavy (non-hydrogen) atoms. The molecule has 0 bridgehead atoms. The molecule has 0 aliphatic heterocycles. The summed E-state index contributed by atoms with van der Waals surface area (Å²) in [6.45, 7) is 0.427. The van der Waals surface area contributed by atoms with Crippen LogP contribution in [0.1, 0.15) is 15.9 Å². The van der Waals surface area contributed by atoms with Crippen molar-refractivity contribution >= 4 is 22.9 Å². The van der Waals surface area contributed by atoms with E-state index in [4.69, 9.17) is 11.6 Å². The minimum absolute atomic E-state index is 0.326. The Morgan fingerprint density at radius 2 is 2.05 bits per heavy atom. The van der Waals surface area contributed by atoms with Crippen molar-refractivity contribution in [3.63, 3.8) is 0 Å². The Morgan fingerprint density at radius 3 is 2.86 bits per heavy atom. The standard InChI is InChI=1S/C13H13N7O/c14-11-10-12(17-6-16-11)20(7-18-10)5-8-3-1-2-4-9(8)13(21)19-15/h1-4,6-7H,5,15H2,(H,19,21)(H2,14,16,17). The maximum Gasteiger partial charge on any atom is 0.265 e. The number of fused-ring (bicyclic) bond motifs is 1. The van der Waals surface area contributed by atoms with E-state index >= 15 is 0 Å². The first-order chi connectivity index (χ1) is 10.2. The Labute approximate surface area is 119 Å². The highest BCUT2D eigenvalue weighted by molar-refractivity contribution is 5.95. The monoisotopic (exact) mass is 283 g/mol. The van der Waals surface area contributed by atoms with Crippen LogP contribution < -0.4 is 17.0 Å². The number of carbonyl (C=O) groups is 1. The van der Waals surface area contributed by atoms with E-state index in [1.165, 1.54) is 6.33 Å². The fourth-order valence-electron chi connectivity index (χ4n) is 2.16. The molecule has 106 valence electrons. The highest BCUT2D eigenvalue weighted by Gasteiger charge is 2.12. The molecule has 1 amide bonds. The Hall–Kier alpha value is -3.00. The molecule has 0 unspecified atom stereocenters. The molecule has 0 saturated heterocycles. The minimum Gasteiger partial charge on any atom is -0.382 e. The van der Waals surface area contributed by atoms with Gasteiger partial charge in [-0.25, -0.2) is 20.8 Å². The first-order valence-corrected chi connectivity index (χ1v) is 6.21. The average Bonchev–Trinajstić information content (AvgIpc) is 2.92. The lowest BCUT2D eigenvalue weighted by Gasteiger charge is -2.09. The largest absolute Gasteiger partial charge is 0.382 e. The summed E-state index contributed by atoms with van der Waals surface area (Å²) in [5.41, 5.74) is 10.4. The number of hydrogen-bond acceptors (Lipinski definition) is 6. The summed E-state index contributed by atoms with van der Waals surface area (Å²) in [4.78, 5) is 24.0. The van der Waals surface area contributed by atoms with Gasteiger partial charge in [0.2, 0.25) is 0 Å². The Morgan fingerprint density at radius 1 is 1.24 bits per heavy atom. The zero-order valence-electron chi connectivity index (χ0n) is 11.0. The second-order valence-corrected chi connectivity index (χ2v) is 4.43. The van der Waals surface area contributed by atoms with E-state index in [1.54, 1.807) is 23.0 Å². The minimum atomic E-state index is -0.343. The van der Waals surface area contributed by atoms with Crippen LogP contribution >= 0.6 is 0 Å². The summed E-state index contributed by atoms with van der Waals surface area (Å²) in [5, 5.41) is 0. The summed E-state index contributed by atoms with van der Waals surface area (Å²) in [5.74, 6) is 5.18. The highest BCUT2D eigenvalue weighted by atomic mass is 16.2. The maximum atomic E-state index is 11.8. The maximum absolute atomic E-state index is 11.8. The first kappa shape index (κ1) is 13.0. The number of rotatable bonds is 3. The van der Waals surface area contributed by atoms with Gasteiger partial charge in [0.25, 0.3) is 5.91 Å². The number of imidazole rings is 1. The smallest absolute Gasteiger partial charge is 0.265 e. The van der Waals surface area contributed by atoms with Gasteiger partial charge in [0.1, 0.15) is 11.8 Å². The van der Waals surface area contributed by atoms with Gasteiger partial charge in [-0.05, 0) is 11.6 Å². The predicted octanol–water partition coefficient (Wildman–Crippen LogP) is 0.0603. The van der Waals surface area contributed by atoms with Crippen molar-refractivity contribution in [2.24, 2.45) is 5.84 Å². The normalized spacial score (nSPS) is 10.7. The molecule has 0 spiro atoms. The number of nitrogen functional groups attached to an aromatic ring is 2. The number of amides is 1. The fourth-order valence-corrected chi connectivity index (χ4v) is 2.16. The molecule has 3 rings (SSSR count). The molecule has 8 nitrogen and oxygen atoms in total. The van der Waals surface area contributed by atoms with Crippen LogP contribution in [0.25, 0.3) is 11.2 Å². The number of hydrazine groups is 1. The Balaban J connectivity index is 2.04. The Bertz CT molecular complexity index is 811. The van der Waals surface area contributed by atoms with Gasteiger partial charge in [-0.2, -0.15) is 0 Å². The third-order valence-corrected chi connectivity index (χ3v) is 3.16. The average molecular weight is 283 g/mol. The lowest BCUT2D eigenvalue weighted by Crippen LogP contribution is -2.31. The van der Waals surface area contributed by atoms with Crippen molar-refractivity contribution in [2.45, 2.75) is 6.54 Å². The van der Waals surface area contributed by atoms with Gasteiger partial charge < -0.3 is 10.3 Å². The number of aromatic nitrogens is 4. The number of hydrogen-bond donors (Lipinski definition) is 3. The van der Waals surface area contributed by atoms with Gasteiger partial charge >= 0.3 is 0 Å². The number of nitrogens with zero attached hydrogens (tertiary/aromatic N) is 4. The highest BCUT2D eigenvalue weighted by Crippen LogP contribution is 2.17. The summed E-state index contributed by atoms with van der Waals surface area (Å²) in [6, 6.07) is 7.19. The van der Waals surface area contributed by atoms with Crippen molar-refractivity contribution in [2.75, 3.05) is 5.73 Å². The summed E-state index contributed by atoms with van der Waals surface area (Å²) in [7, 11) is 0. The number of nitrogens with two attached hydrogens (primary N) is 2. The molecule has 0 radical (unpaired) electrons. The van der Waals surface area contributed by atoms with E-state index in [9.17, 15) is 4.79 Å². The van der Waals surface area contributed by atoms with E-state index < -0.39 is 0 Å². The third kappa shape index (κ3) is 2.28. The van der Waals surface area contributed by atoms with Crippen molar-refractivity contribution in [1.82, 2.24) is 24.9 Å². The quantitative estimate of drug-likeness (QED) is 0.354. The molecule has 3 aromatic rings. The van der Waals surface area contributed by atoms with Gasteiger partial charge in [0.05, 0.1) is 12.9 Å². The lowest BCUT2D eigenvalue weighted by molar-refractivity contribution is 0.0952. The van der Waals surface area contributed by atoms with Crippen LogP contribution in [0.3, 0.4) is 0 Å². The molecule has 0 fully saturated rings. The van der Waals surface area contributed by atoms with Crippen LogP contribution in [0.4, 0.5) is 5.82 Å². The molecule has 2 aromatic heterocycles. The lowest BCUT2D eigenvalue weighted by atomic mass is 10.1. The van der Waals surface area contributed by atoms with Gasteiger partial charge in [0, 0.05) is 5.56 Å². The molecule has 8 heteroatoms. The molecule has 2 heterocycles. The Kier molecular flexibility index (Phi) is 3.20. The van der Waals surface area contributed by atoms with Crippen LogP contribution in [-0.4, -0.2) is 25.4 Å².